The summed E-state index contributed by atoms with van der Waals surface area (Å²) in [6.45, 7) is 2.43. The molecule has 0 saturated carbocycles. The molecular formula is C15H16N4OS. The van der Waals surface area contributed by atoms with Gasteiger partial charge in [0.2, 0.25) is 0 Å². The zero-order valence-corrected chi connectivity index (χ0v) is 12.5. The molecular weight excluding hydrogens is 284 g/mol. The molecule has 108 valence electrons. The van der Waals surface area contributed by atoms with Crippen LogP contribution >= 0.6 is 11.3 Å². The Morgan fingerprint density at radius 1 is 1.24 bits per heavy atom. The highest BCUT2D eigenvalue weighted by atomic mass is 32.1. The molecule has 0 radical (unpaired) electrons. The van der Waals surface area contributed by atoms with E-state index < -0.39 is 6.10 Å². The lowest BCUT2D eigenvalue weighted by Crippen LogP contribution is -2.14. The summed E-state index contributed by atoms with van der Waals surface area (Å²) in [6.07, 6.45) is 3.54. The zero-order valence-electron chi connectivity index (χ0n) is 11.7. The lowest BCUT2D eigenvalue weighted by Gasteiger charge is -2.13. The Labute approximate surface area is 126 Å². The fourth-order valence-electron chi connectivity index (χ4n) is 2.09. The number of aromatic nitrogens is 3. The van der Waals surface area contributed by atoms with Crippen molar-refractivity contribution < 1.29 is 5.11 Å². The summed E-state index contributed by atoms with van der Waals surface area (Å²) in [5.74, 6) is 1.59. The van der Waals surface area contributed by atoms with E-state index in [-0.39, 0.29) is 0 Å². The molecule has 0 aliphatic carbocycles. The molecule has 0 amide bonds. The maximum atomic E-state index is 10.2. The molecule has 3 heterocycles. The van der Waals surface area contributed by atoms with Gasteiger partial charge in [-0.05, 0) is 29.1 Å². The fraction of sp³-hybridized carbons (Fsp3) is 0.267. The van der Waals surface area contributed by atoms with E-state index in [1.54, 1.807) is 23.7 Å². The molecule has 0 saturated heterocycles. The van der Waals surface area contributed by atoms with Crippen LogP contribution in [0.3, 0.4) is 0 Å². The van der Waals surface area contributed by atoms with Gasteiger partial charge in [0.05, 0.1) is 11.5 Å². The van der Waals surface area contributed by atoms with E-state index in [0.29, 0.717) is 6.54 Å². The van der Waals surface area contributed by atoms with Crippen LogP contribution in [0.5, 0.6) is 0 Å². The lowest BCUT2D eigenvalue weighted by atomic mass is 10.1. The van der Waals surface area contributed by atoms with Crippen molar-refractivity contribution in [2.24, 2.45) is 0 Å². The number of aryl methyl sites for hydroxylation is 1. The van der Waals surface area contributed by atoms with Gasteiger partial charge in [0, 0.05) is 25.4 Å². The predicted octanol–water partition coefficient (Wildman–Crippen LogP) is 2.79. The van der Waals surface area contributed by atoms with Crippen molar-refractivity contribution in [2.45, 2.75) is 19.4 Å². The highest BCUT2D eigenvalue weighted by molar-refractivity contribution is 7.16. The quantitative estimate of drug-likeness (QED) is 0.758. The summed E-state index contributed by atoms with van der Waals surface area (Å²) in [5, 5.41) is 16.4. The topological polar surface area (TPSA) is 70.9 Å². The Balaban J connectivity index is 1.80. The third-order valence-electron chi connectivity index (χ3n) is 3.24. The monoisotopic (exact) mass is 300 g/mol. The molecule has 0 bridgehead atoms. The molecule has 0 aliphatic rings. The van der Waals surface area contributed by atoms with E-state index >= 15 is 0 Å². The first-order chi connectivity index (χ1) is 10.3. The van der Waals surface area contributed by atoms with Crippen LogP contribution in [0.4, 0.5) is 5.82 Å². The number of hydrogen-bond acceptors (Lipinski definition) is 6. The van der Waals surface area contributed by atoms with E-state index in [0.717, 1.165) is 33.8 Å². The average Bonchev–Trinajstić information content (AvgIpc) is 3.01. The maximum Gasteiger partial charge on any atom is 0.138 e. The predicted molar refractivity (Wildman–Crippen MR) is 84.5 cm³/mol. The molecule has 0 spiro atoms. The van der Waals surface area contributed by atoms with Crippen LogP contribution in [0.25, 0.3) is 10.2 Å². The molecule has 3 rings (SSSR count). The molecule has 0 aliphatic heterocycles. The van der Waals surface area contributed by atoms with Gasteiger partial charge in [-0.3, -0.25) is 4.98 Å². The van der Waals surface area contributed by atoms with Crippen molar-refractivity contribution in [2.75, 3.05) is 11.9 Å². The Morgan fingerprint density at radius 3 is 2.81 bits per heavy atom. The number of anilines is 1. The van der Waals surface area contributed by atoms with Gasteiger partial charge in [-0.15, -0.1) is 11.3 Å². The Bertz CT molecular complexity index is 729. The summed E-state index contributed by atoms with van der Waals surface area (Å²) in [7, 11) is 0. The highest BCUT2D eigenvalue weighted by Crippen LogP contribution is 2.25. The van der Waals surface area contributed by atoms with E-state index in [1.807, 2.05) is 30.5 Å². The van der Waals surface area contributed by atoms with Gasteiger partial charge in [-0.2, -0.15) is 0 Å². The van der Waals surface area contributed by atoms with Gasteiger partial charge in [-0.25, -0.2) is 9.97 Å². The van der Waals surface area contributed by atoms with E-state index in [2.05, 4.69) is 20.3 Å². The third-order valence-corrected chi connectivity index (χ3v) is 4.05. The number of aliphatic hydroxyl groups is 1. The van der Waals surface area contributed by atoms with Crippen LogP contribution in [0.2, 0.25) is 0 Å². The van der Waals surface area contributed by atoms with Crippen molar-refractivity contribution in [1.82, 2.24) is 15.0 Å². The first kappa shape index (κ1) is 13.9. The van der Waals surface area contributed by atoms with Crippen molar-refractivity contribution >= 4 is 27.4 Å². The largest absolute Gasteiger partial charge is 0.387 e. The minimum atomic E-state index is -0.596. The number of rotatable bonds is 5. The zero-order chi connectivity index (χ0) is 14.7. The lowest BCUT2D eigenvalue weighted by molar-refractivity contribution is 0.191. The normalized spacial score (nSPS) is 12.5. The van der Waals surface area contributed by atoms with E-state index in [1.165, 1.54) is 0 Å². The van der Waals surface area contributed by atoms with Crippen LogP contribution in [-0.4, -0.2) is 26.6 Å². The number of nitrogens with one attached hydrogen (secondary N) is 1. The number of aliphatic hydroxyl groups excluding tert-OH is 1. The Morgan fingerprint density at radius 2 is 2.05 bits per heavy atom. The summed E-state index contributed by atoms with van der Waals surface area (Å²) in [4.78, 5) is 13.9. The summed E-state index contributed by atoms with van der Waals surface area (Å²) < 4.78 is 0. The standard InChI is InChI=1S/C15H16N4OS/c1-2-13-18-14(11-5-8-21-15(11)19-13)17-9-12(20)10-3-6-16-7-4-10/h3-8,12,20H,2,9H2,1H3,(H,17,18,19). The third kappa shape index (κ3) is 3.01. The number of thiophene rings is 1. The van der Waals surface area contributed by atoms with Crippen molar-refractivity contribution in [3.63, 3.8) is 0 Å². The molecule has 1 atom stereocenters. The molecule has 3 aromatic heterocycles. The number of fused-ring (bicyclic) bond motifs is 1. The van der Waals surface area contributed by atoms with Crippen LogP contribution in [-0.2, 0) is 6.42 Å². The van der Waals surface area contributed by atoms with Gasteiger partial charge in [0.1, 0.15) is 16.5 Å². The average molecular weight is 300 g/mol. The second-order valence-electron chi connectivity index (χ2n) is 4.66. The van der Waals surface area contributed by atoms with Crippen LogP contribution in [0.1, 0.15) is 24.4 Å². The first-order valence-corrected chi connectivity index (χ1v) is 7.72. The van der Waals surface area contributed by atoms with Gasteiger partial charge < -0.3 is 10.4 Å². The van der Waals surface area contributed by atoms with Crippen molar-refractivity contribution in [3.8, 4) is 0 Å². The van der Waals surface area contributed by atoms with Gasteiger partial charge in [0.15, 0.2) is 0 Å². The number of hydrogen-bond donors (Lipinski definition) is 2. The second-order valence-corrected chi connectivity index (χ2v) is 5.55. The Hall–Kier alpha value is -2.05. The Kier molecular flexibility index (Phi) is 4.08. The van der Waals surface area contributed by atoms with Gasteiger partial charge >= 0.3 is 0 Å². The SMILES string of the molecule is CCc1nc(NCC(O)c2ccncc2)c2ccsc2n1. The van der Waals surface area contributed by atoms with Crippen molar-refractivity contribution in [1.29, 1.82) is 0 Å². The van der Waals surface area contributed by atoms with Crippen LogP contribution in [0.15, 0.2) is 36.0 Å². The second kappa shape index (κ2) is 6.15. The molecule has 0 aromatic carbocycles. The minimum Gasteiger partial charge on any atom is -0.387 e. The molecule has 21 heavy (non-hydrogen) atoms. The summed E-state index contributed by atoms with van der Waals surface area (Å²) >= 11 is 1.60. The smallest absolute Gasteiger partial charge is 0.138 e. The summed E-state index contributed by atoms with van der Waals surface area (Å²) in [5.41, 5.74) is 0.837. The highest BCUT2D eigenvalue weighted by Gasteiger charge is 2.11. The van der Waals surface area contributed by atoms with Gasteiger partial charge in [-0.1, -0.05) is 6.92 Å². The molecule has 1 unspecified atom stereocenters. The fourth-order valence-corrected chi connectivity index (χ4v) is 2.87. The number of nitrogens with zero attached hydrogens (tertiary/aromatic N) is 3. The maximum absolute atomic E-state index is 10.2. The first-order valence-electron chi connectivity index (χ1n) is 6.84. The van der Waals surface area contributed by atoms with Crippen LogP contribution < -0.4 is 5.32 Å². The van der Waals surface area contributed by atoms with Crippen LogP contribution in [0, 0.1) is 0 Å². The molecule has 3 aromatic rings. The molecule has 5 nitrogen and oxygen atoms in total. The van der Waals surface area contributed by atoms with E-state index in [4.69, 9.17) is 0 Å². The molecule has 2 N–H and O–H groups in total. The van der Waals surface area contributed by atoms with Gasteiger partial charge in [0.25, 0.3) is 0 Å². The van der Waals surface area contributed by atoms with E-state index in [9.17, 15) is 5.11 Å². The molecule has 0 fully saturated rings. The summed E-state index contributed by atoms with van der Waals surface area (Å²) in [6, 6.07) is 5.62. The number of pyridine rings is 1. The van der Waals surface area contributed by atoms with Crippen molar-refractivity contribution in [3.05, 3.63) is 47.4 Å². The minimum absolute atomic E-state index is 0.398. The molecule has 6 heteroatoms.